The van der Waals surface area contributed by atoms with Crippen molar-refractivity contribution < 1.29 is 9.53 Å². The van der Waals surface area contributed by atoms with E-state index in [1.54, 1.807) is 6.20 Å². The highest BCUT2D eigenvalue weighted by molar-refractivity contribution is 6.09. The minimum Gasteiger partial charge on any atom is -0.376 e. The molecule has 0 atom stereocenters. The largest absolute Gasteiger partial charge is 0.376 e. The molecule has 0 spiro atoms. The lowest BCUT2D eigenvalue weighted by Crippen LogP contribution is -2.19. The Morgan fingerprint density at radius 2 is 2.15 bits per heavy atom. The maximum atomic E-state index is 12.3. The molecule has 0 amide bonds. The van der Waals surface area contributed by atoms with Gasteiger partial charge in [-0.3, -0.25) is 9.78 Å². The molecule has 3 nitrogen and oxygen atoms in total. The van der Waals surface area contributed by atoms with Crippen LogP contribution in [0.15, 0.2) is 30.0 Å². The number of aromatic nitrogens is 1. The first kappa shape index (κ1) is 14.9. The van der Waals surface area contributed by atoms with Gasteiger partial charge in [-0.15, -0.1) is 0 Å². The van der Waals surface area contributed by atoms with Gasteiger partial charge >= 0.3 is 0 Å². The van der Waals surface area contributed by atoms with E-state index in [1.165, 1.54) is 0 Å². The summed E-state index contributed by atoms with van der Waals surface area (Å²) >= 11 is 0. The lowest BCUT2D eigenvalue weighted by molar-refractivity contribution is -0.00365. The van der Waals surface area contributed by atoms with Crippen molar-refractivity contribution in [2.24, 2.45) is 0 Å². The Bertz CT molecular complexity index is 512. The first-order valence-corrected chi connectivity index (χ1v) is 7.29. The topological polar surface area (TPSA) is 39.2 Å². The molecule has 0 N–H and O–H groups in total. The summed E-state index contributed by atoms with van der Waals surface area (Å²) in [5.41, 5.74) is 2.53. The van der Waals surface area contributed by atoms with Gasteiger partial charge in [0.2, 0.25) is 5.78 Å². The van der Waals surface area contributed by atoms with Crippen LogP contribution in [0, 0.1) is 0 Å². The van der Waals surface area contributed by atoms with Crippen molar-refractivity contribution in [1.29, 1.82) is 0 Å². The van der Waals surface area contributed by atoms with Crippen LogP contribution in [-0.4, -0.2) is 23.0 Å². The predicted octanol–water partition coefficient (Wildman–Crippen LogP) is 3.73. The number of rotatable bonds is 4. The van der Waals surface area contributed by atoms with Gasteiger partial charge in [0.15, 0.2) is 0 Å². The van der Waals surface area contributed by atoms with Crippen LogP contribution in [0.3, 0.4) is 0 Å². The number of carbonyl (C=O) groups excluding carboxylic acids is 1. The van der Waals surface area contributed by atoms with Crippen LogP contribution in [0.25, 0.3) is 0 Å². The van der Waals surface area contributed by atoms with E-state index in [1.807, 2.05) is 12.1 Å². The molecule has 1 aromatic rings. The van der Waals surface area contributed by atoms with Crippen LogP contribution in [0.1, 0.15) is 56.1 Å². The number of ketones is 1. The molecule has 2 rings (SSSR count). The highest BCUT2D eigenvalue weighted by Crippen LogP contribution is 2.23. The highest BCUT2D eigenvalue weighted by Gasteiger charge is 2.22. The van der Waals surface area contributed by atoms with Crippen molar-refractivity contribution >= 4 is 5.78 Å². The summed E-state index contributed by atoms with van der Waals surface area (Å²) in [6.45, 7) is 6.90. The molecular formula is C17H23NO2. The number of carbonyl (C=O) groups is 1. The molecule has 0 unspecified atom stereocenters. The van der Waals surface area contributed by atoms with Crippen molar-refractivity contribution in [3.8, 4) is 0 Å². The van der Waals surface area contributed by atoms with Crippen molar-refractivity contribution in [3.63, 3.8) is 0 Å². The lowest BCUT2D eigenvalue weighted by Gasteiger charge is -2.19. The Morgan fingerprint density at radius 1 is 1.35 bits per heavy atom. The Balaban J connectivity index is 1.88. The van der Waals surface area contributed by atoms with E-state index in [2.05, 4.69) is 31.8 Å². The Morgan fingerprint density at radius 3 is 2.90 bits per heavy atom. The minimum atomic E-state index is -0.0866. The fraction of sp³-hybridized carbons (Fsp3) is 0.529. The van der Waals surface area contributed by atoms with E-state index < -0.39 is 0 Å². The highest BCUT2D eigenvalue weighted by atomic mass is 16.5. The van der Waals surface area contributed by atoms with E-state index >= 15 is 0 Å². The smallest absolute Gasteiger partial charge is 0.207 e. The second-order valence-electron chi connectivity index (χ2n) is 6.17. The van der Waals surface area contributed by atoms with Gasteiger partial charge in [-0.25, -0.2) is 0 Å². The molecule has 0 saturated carbocycles. The molecule has 1 aliphatic rings. The van der Waals surface area contributed by atoms with Crippen LogP contribution in [0.5, 0.6) is 0 Å². The first-order valence-electron chi connectivity index (χ1n) is 7.29. The molecule has 20 heavy (non-hydrogen) atoms. The van der Waals surface area contributed by atoms with E-state index in [-0.39, 0.29) is 11.4 Å². The molecule has 0 fully saturated rings. The number of hydrogen-bond donors (Lipinski definition) is 0. The average Bonchev–Trinajstić information content (AvgIpc) is 2.40. The number of Topliss-reactive ketones (excluding diaryl/α,β-unsaturated/α-hetero) is 1. The molecule has 3 heteroatoms. The van der Waals surface area contributed by atoms with Crippen molar-refractivity contribution in [3.05, 3.63) is 41.2 Å². The standard InChI is InChI=1S/C17H23NO2/c1-17(2,3)20-12-5-4-7-14-10-9-13-8-6-11-18-15(13)16(14)19/h6-8,11H,4-5,9-10,12H2,1-3H3/b14-7-. The van der Waals surface area contributed by atoms with Crippen LogP contribution in [0.2, 0.25) is 0 Å². The summed E-state index contributed by atoms with van der Waals surface area (Å²) in [7, 11) is 0. The maximum absolute atomic E-state index is 12.3. The normalized spacial score (nSPS) is 17.4. The molecule has 1 heterocycles. The third kappa shape index (κ3) is 4.01. The van der Waals surface area contributed by atoms with Gasteiger partial charge in [-0.1, -0.05) is 12.1 Å². The Hall–Kier alpha value is -1.48. The number of fused-ring (bicyclic) bond motifs is 1. The summed E-state index contributed by atoms with van der Waals surface area (Å²) in [6.07, 6.45) is 7.34. The first-order chi connectivity index (χ1) is 9.47. The summed E-state index contributed by atoms with van der Waals surface area (Å²) in [4.78, 5) is 16.5. The molecule has 0 radical (unpaired) electrons. The van der Waals surface area contributed by atoms with Crippen LogP contribution in [-0.2, 0) is 11.2 Å². The number of nitrogens with zero attached hydrogens (tertiary/aromatic N) is 1. The average molecular weight is 273 g/mol. The maximum Gasteiger partial charge on any atom is 0.207 e. The van der Waals surface area contributed by atoms with E-state index in [0.717, 1.165) is 43.4 Å². The second kappa shape index (κ2) is 6.31. The molecule has 1 aromatic heterocycles. The van der Waals surface area contributed by atoms with E-state index in [4.69, 9.17) is 4.74 Å². The zero-order valence-corrected chi connectivity index (χ0v) is 12.6. The fourth-order valence-corrected chi connectivity index (χ4v) is 2.31. The predicted molar refractivity (Wildman–Crippen MR) is 79.9 cm³/mol. The summed E-state index contributed by atoms with van der Waals surface area (Å²) in [5, 5.41) is 0. The molecule has 0 aliphatic heterocycles. The van der Waals surface area contributed by atoms with Gasteiger partial charge in [0, 0.05) is 12.8 Å². The summed E-state index contributed by atoms with van der Waals surface area (Å²) in [5.74, 6) is 0.101. The fourth-order valence-electron chi connectivity index (χ4n) is 2.31. The van der Waals surface area contributed by atoms with Crippen LogP contribution < -0.4 is 0 Å². The Labute approximate surface area is 121 Å². The van der Waals surface area contributed by atoms with Gasteiger partial charge in [0.1, 0.15) is 5.69 Å². The van der Waals surface area contributed by atoms with Gasteiger partial charge in [0.05, 0.1) is 5.60 Å². The molecule has 108 valence electrons. The number of pyridine rings is 1. The molecule has 0 aromatic carbocycles. The Kier molecular flexibility index (Phi) is 4.71. The lowest BCUT2D eigenvalue weighted by atomic mass is 9.90. The SMILES string of the molecule is CC(C)(C)OCCC/C=C1/CCc2cccnc2C1=O. The number of allylic oxidation sites excluding steroid dienone is 2. The zero-order chi connectivity index (χ0) is 14.6. The van der Waals surface area contributed by atoms with Crippen molar-refractivity contribution in [2.45, 2.75) is 52.1 Å². The number of ether oxygens (including phenoxy) is 1. The van der Waals surface area contributed by atoms with E-state index in [9.17, 15) is 4.79 Å². The van der Waals surface area contributed by atoms with Crippen LogP contribution in [0.4, 0.5) is 0 Å². The molecule has 0 bridgehead atoms. The minimum absolute atomic E-state index is 0.0866. The van der Waals surface area contributed by atoms with Crippen molar-refractivity contribution in [2.75, 3.05) is 6.61 Å². The zero-order valence-electron chi connectivity index (χ0n) is 12.6. The number of aryl methyl sites for hydroxylation is 1. The van der Waals surface area contributed by atoms with E-state index in [0.29, 0.717) is 5.69 Å². The number of unbranched alkanes of at least 4 members (excludes halogenated alkanes) is 1. The summed E-state index contributed by atoms with van der Waals surface area (Å²) < 4.78 is 5.68. The van der Waals surface area contributed by atoms with Gasteiger partial charge in [0.25, 0.3) is 0 Å². The molecular weight excluding hydrogens is 250 g/mol. The van der Waals surface area contributed by atoms with Gasteiger partial charge < -0.3 is 4.74 Å². The molecule has 0 saturated heterocycles. The molecule has 1 aliphatic carbocycles. The van der Waals surface area contributed by atoms with Gasteiger partial charge in [-0.2, -0.15) is 0 Å². The third-order valence-electron chi connectivity index (χ3n) is 3.34. The summed E-state index contributed by atoms with van der Waals surface area (Å²) in [6, 6.07) is 3.89. The third-order valence-corrected chi connectivity index (χ3v) is 3.34. The quantitative estimate of drug-likeness (QED) is 0.620. The van der Waals surface area contributed by atoms with Crippen LogP contribution >= 0.6 is 0 Å². The monoisotopic (exact) mass is 273 g/mol. The van der Waals surface area contributed by atoms with Crippen molar-refractivity contribution in [1.82, 2.24) is 4.98 Å². The number of hydrogen-bond acceptors (Lipinski definition) is 3. The van der Waals surface area contributed by atoms with Gasteiger partial charge in [-0.05, 0) is 63.7 Å². The second-order valence-corrected chi connectivity index (χ2v) is 6.17.